The van der Waals surface area contributed by atoms with E-state index in [0.29, 0.717) is 30.5 Å². The first-order valence-electron chi connectivity index (χ1n) is 8.59. The third kappa shape index (κ3) is 4.45. The second-order valence-electron chi connectivity index (χ2n) is 6.40. The Morgan fingerprint density at radius 2 is 1.81 bits per heavy atom. The topological polar surface area (TPSA) is 61.4 Å². The molecule has 0 saturated heterocycles. The lowest BCUT2D eigenvalue weighted by atomic mass is 10.1. The third-order valence-corrected chi connectivity index (χ3v) is 5.41. The Hall–Kier alpha value is -2.05. The van der Waals surface area contributed by atoms with Crippen molar-refractivity contribution in [2.24, 2.45) is 0 Å². The van der Waals surface area contributed by atoms with Gasteiger partial charge in [-0.1, -0.05) is 27.5 Å². The lowest BCUT2D eigenvalue weighted by Gasteiger charge is -2.11. The zero-order valence-electron chi connectivity index (χ0n) is 15.1. The van der Waals surface area contributed by atoms with Gasteiger partial charge in [-0.3, -0.25) is 4.57 Å². The minimum atomic E-state index is -0.639. The number of aryl methyl sites for hydroxylation is 3. The second kappa shape index (κ2) is 8.31. The average Bonchev–Trinajstić information content (AvgIpc) is 2.62. The van der Waals surface area contributed by atoms with E-state index in [1.807, 2.05) is 26.0 Å². The predicted molar refractivity (Wildman–Crippen MR) is 110 cm³/mol. The average molecular weight is 453 g/mol. The van der Waals surface area contributed by atoms with Crippen LogP contribution in [-0.4, -0.2) is 11.2 Å². The molecular weight excluding hydrogens is 434 g/mol. The Bertz CT molecular complexity index is 1080. The summed E-state index contributed by atoms with van der Waals surface area (Å²) in [7, 11) is 0. The van der Waals surface area contributed by atoms with Crippen molar-refractivity contribution in [1.82, 2.24) is 4.57 Å². The van der Waals surface area contributed by atoms with Gasteiger partial charge in [0.15, 0.2) is 0 Å². The van der Waals surface area contributed by atoms with Crippen LogP contribution in [0.4, 0.5) is 0 Å². The summed E-state index contributed by atoms with van der Waals surface area (Å²) < 4.78 is 12.9. The van der Waals surface area contributed by atoms with Crippen molar-refractivity contribution in [3.8, 4) is 5.75 Å². The summed E-state index contributed by atoms with van der Waals surface area (Å²) in [6.07, 6.45) is 1.47. The normalized spacial score (nSPS) is 11.1. The van der Waals surface area contributed by atoms with Crippen LogP contribution in [-0.2, 0) is 6.54 Å². The van der Waals surface area contributed by atoms with Crippen molar-refractivity contribution in [3.05, 3.63) is 71.9 Å². The number of benzene rings is 2. The number of aromatic nitrogens is 1. The fourth-order valence-corrected chi connectivity index (χ4v) is 3.43. The molecule has 0 N–H and O–H groups in total. The van der Waals surface area contributed by atoms with Crippen LogP contribution in [0.1, 0.15) is 24.0 Å². The van der Waals surface area contributed by atoms with Gasteiger partial charge in [-0.15, -0.1) is 0 Å². The lowest BCUT2D eigenvalue weighted by molar-refractivity contribution is 0.300. The fourth-order valence-electron chi connectivity index (χ4n) is 2.96. The summed E-state index contributed by atoms with van der Waals surface area (Å²) in [6, 6.07) is 9.03. The smallest absolute Gasteiger partial charge is 0.422 e. The predicted octanol–water partition coefficient (Wildman–Crippen LogP) is 4.85. The summed E-state index contributed by atoms with van der Waals surface area (Å²) in [5.74, 6) is 0.146. The third-order valence-electron chi connectivity index (χ3n) is 4.32. The molecular formula is C20H19BrClNO4. The molecule has 142 valence electrons. The molecule has 0 aliphatic rings. The molecule has 0 fully saturated rings. The number of halogens is 2. The van der Waals surface area contributed by atoms with Gasteiger partial charge < -0.3 is 9.15 Å². The molecule has 3 rings (SSSR count). The number of unbranched alkanes of at least 4 members (excludes halogenated alkanes) is 1. The molecule has 3 aromatic rings. The number of hydrogen-bond donors (Lipinski definition) is 0. The number of ether oxygens (including phenoxy) is 1. The molecule has 0 radical (unpaired) electrons. The van der Waals surface area contributed by atoms with Crippen LogP contribution in [0.25, 0.3) is 10.9 Å². The summed E-state index contributed by atoms with van der Waals surface area (Å²) in [4.78, 5) is 24.0. The van der Waals surface area contributed by atoms with E-state index in [-0.39, 0.29) is 0 Å². The van der Waals surface area contributed by atoms with Crippen LogP contribution >= 0.6 is 27.5 Å². The number of hydrogen-bond acceptors (Lipinski definition) is 4. The maximum atomic E-state index is 12.1. The Morgan fingerprint density at radius 1 is 1.11 bits per heavy atom. The van der Waals surface area contributed by atoms with Gasteiger partial charge in [0.25, 0.3) is 0 Å². The van der Waals surface area contributed by atoms with Gasteiger partial charge in [0.1, 0.15) is 5.75 Å². The molecule has 0 aliphatic heterocycles. The molecule has 0 saturated carbocycles. The Labute approximate surface area is 169 Å². The highest BCUT2D eigenvalue weighted by Crippen LogP contribution is 2.26. The fraction of sp³-hybridized carbons (Fsp3) is 0.300. The van der Waals surface area contributed by atoms with Crippen LogP contribution in [0.3, 0.4) is 0 Å². The molecule has 7 heteroatoms. The minimum absolute atomic E-state index is 0.382. The van der Waals surface area contributed by atoms with E-state index in [1.165, 1.54) is 4.57 Å². The zero-order valence-corrected chi connectivity index (χ0v) is 17.4. The highest BCUT2D eigenvalue weighted by molar-refractivity contribution is 9.10. The molecule has 0 spiro atoms. The van der Waals surface area contributed by atoms with Crippen LogP contribution in [0, 0.1) is 13.8 Å². The molecule has 0 atom stereocenters. The molecule has 0 aliphatic carbocycles. The molecule has 0 bridgehead atoms. The SMILES string of the molecule is Cc1cc(OCCCCn2c(=O)oc(=O)c3cc(Br)ccc32)cc(C)c1Cl. The Kier molecular flexibility index (Phi) is 6.07. The minimum Gasteiger partial charge on any atom is -0.494 e. The molecule has 1 heterocycles. The van der Waals surface area contributed by atoms with E-state index in [9.17, 15) is 9.59 Å². The summed E-state index contributed by atoms with van der Waals surface area (Å²) in [5.41, 5.74) is 1.92. The van der Waals surface area contributed by atoms with Crippen molar-refractivity contribution in [2.75, 3.05) is 6.61 Å². The number of rotatable bonds is 6. The molecule has 2 aromatic carbocycles. The molecule has 0 amide bonds. The quantitative estimate of drug-likeness (QED) is 0.502. The molecule has 5 nitrogen and oxygen atoms in total. The van der Waals surface area contributed by atoms with Crippen LogP contribution in [0.5, 0.6) is 5.75 Å². The van der Waals surface area contributed by atoms with Crippen molar-refractivity contribution in [2.45, 2.75) is 33.2 Å². The summed E-state index contributed by atoms with van der Waals surface area (Å²) >= 11 is 9.49. The van der Waals surface area contributed by atoms with Crippen LogP contribution in [0.2, 0.25) is 5.02 Å². The maximum Gasteiger partial charge on any atom is 0.422 e. The first-order valence-corrected chi connectivity index (χ1v) is 9.76. The van der Waals surface area contributed by atoms with E-state index in [0.717, 1.165) is 32.8 Å². The van der Waals surface area contributed by atoms with E-state index < -0.39 is 11.4 Å². The van der Waals surface area contributed by atoms with Gasteiger partial charge in [-0.25, -0.2) is 9.59 Å². The Morgan fingerprint density at radius 3 is 2.52 bits per heavy atom. The maximum absolute atomic E-state index is 12.1. The van der Waals surface area contributed by atoms with E-state index in [2.05, 4.69) is 15.9 Å². The van der Waals surface area contributed by atoms with E-state index >= 15 is 0 Å². The first kappa shape index (κ1) is 19.7. The summed E-state index contributed by atoms with van der Waals surface area (Å²) in [5, 5.41) is 1.14. The van der Waals surface area contributed by atoms with Crippen molar-refractivity contribution in [1.29, 1.82) is 0 Å². The van der Waals surface area contributed by atoms with Gasteiger partial charge >= 0.3 is 11.4 Å². The monoisotopic (exact) mass is 451 g/mol. The second-order valence-corrected chi connectivity index (χ2v) is 7.69. The number of nitrogens with zero attached hydrogens (tertiary/aromatic N) is 1. The van der Waals surface area contributed by atoms with Crippen LogP contribution < -0.4 is 16.1 Å². The van der Waals surface area contributed by atoms with Gasteiger partial charge in [-0.2, -0.15) is 0 Å². The van der Waals surface area contributed by atoms with Gasteiger partial charge in [0, 0.05) is 16.0 Å². The van der Waals surface area contributed by atoms with Gasteiger partial charge in [0.2, 0.25) is 0 Å². The highest BCUT2D eigenvalue weighted by atomic mass is 79.9. The van der Waals surface area contributed by atoms with Crippen molar-refractivity contribution >= 4 is 38.4 Å². The van der Waals surface area contributed by atoms with E-state index in [4.69, 9.17) is 20.8 Å². The van der Waals surface area contributed by atoms with Crippen molar-refractivity contribution in [3.63, 3.8) is 0 Å². The van der Waals surface area contributed by atoms with Crippen molar-refractivity contribution < 1.29 is 9.15 Å². The number of fused-ring (bicyclic) bond motifs is 1. The summed E-state index contributed by atoms with van der Waals surface area (Å²) in [6.45, 7) is 4.86. The van der Waals surface area contributed by atoms with Gasteiger partial charge in [0.05, 0.1) is 17.5 Å². The standard InChI is InChI=1S/C20H19BrClNO4/c1-12-9-15(10-13(2)18(12)22)26-8-4-3-7-23-17-6-5-14(21)11-16(17)19(24)27-20(23)25/h5-6,9-11H,3-4,7-8H2,1-2H3. The Balaban J connectivity index is 1.65. The van der Waals surface area contributed by atoms with E-state index in [1.54, 1.807) is 18.2 Å². The first-order chi connectivity index (χ1) is 12.9. The van der Waals surface area contributed by atoms with Gasteiger partial charge in [-0.05, 0) is 68.1 Å². The lowest BCUT2D eigenvalue weighted by Crippen LogP contribution is -2.25. The largest absolute Gasteiger partial charge is 0.494 e. The molecule has 1 aromatic heterocycles. The zero-order chi connectivity index (χ0) is 19.6. The molecule has 0 unspecified atom stereocenters. The highest BCUT2D eigenvalue weighted by Gasteiger charge is 2.10. The molecule has 27 heavy (non-hydrogen) atoms. The van der Waals surface area contributed by atoms with Crippen LogP contribution in [0.15, 0.2) is 48.8 Å².